The Hall–Kier alpha value is -2.86. The minimum absolute atomic E-state index is 0.108. The fraction of sp³-hybridized carbons (Fsp3) is 0.167. The summed E-state index contributed by atoms with van der Waals surface area (Å²) in [7, 11) is -3.87. The van der Waals surface area contributed by atoms with Gasteiger partial charge in [0.1, 0.15) is 5.75 Å². The van der Waals surface area contributed by atoms with Crippen molar-refractivity contribution < 1.29 is 13.2 Å². The number of hydrogen-bond acceptors (Lipinski definition) is 3. The molecule has 0 saturated carbocycles. The molecule has 0 aliphatic heterocycles. The molecule has 0 aliphatic carbocycles. The summed E-state index contributed by atoms with van der Waals surface area (Å²) in [4.78, 5) is 0. The Kier molecular flexibility index (Phi) is 7.33. The molecule has 0 fully saturated rings. The van der Waals surface area contributed by atoms with Crippen LogP contribution in [-0.4, -0.2) is 20.7 Å². The Labute approximate surface area is 191 Å². The summed E-state index contributed by atoms with van der Waals surface area (Å²) < 4.78 is 36.8. The lowest BCUT2D eigenvalue weighted by Crippen LogP contribution is -2.14. The van der Waals surface area contributed by atoms with E-state index in [4.69, 9.17) is 4.74 Å². The number of halogens is 1. The standard InChI is InChI=1S/C24H23BrN2O3S/c1-17(2)30-22-11-7-19(8-12-22)5-4-14-26-31(28,29)27-16-20-9-13-23-21(15-20)10-6-18(3)24(23)25/h5-17,26H,1-3H3. The molecule has 3 aromatic rings. The molecule has 0 unspecified atom stereocenters. The maximum absolute atomic E-state index is 12.1. The van der Waals surface area contributed by atoms with Gasteiger partial charge in [0, 0.05) is 10.7 Å². The van der Waals surface area contributed by atoms with Gasteiger partial charge in [-0.05, 0) is 88.4 Å². The van der Waals surface area contributed by atoms with Gasteiger partial charge in [0.05, 0.1) is 12.3 Å². The normalized spacial score (nSPS) is 11.5. The summed E-state index contributed by atoms with van der Waals surface area (Å²) in [6.45, 7) is 5.95. The quantitative estimate of drug-likeness (QED) is 0.331. The van der Waals surface area contributed by atoms with E-state index < -0.39 is 10.2 Å². The van der Waals surface area contributed by atoms with E-state index in [0.717, 1.165) is 32.1 Å². The Morgan fingerprint density at radius 3 is 2.48 bits per heavy atom. The van der Waals surface area contributed by atoms with Gasteiger partial charge >= 0.3 is 10.2 Å². The van der Waals surface area contributed by atoms with Crippen LogP contribution in [-0.2, 0) is 10.2 Å². The average molecular weight is 499 g/mol. The van der Waals surface area contributed by atoms with Crippen LogP contribution in [0.25, 0.3) is 16.8 Å². The number of ether oxygens (including phenoxy) is 1. The SMILES string of the molecule is Cc1ccc2cc(C=NS(=O)(=O)NC=C=Cc3ccc(OC(C)C)cc3)ccc2c1Br. The monoisotopic (exact) mass is 498 g/mol. The van der Waals surface area contributed by atoms with Gasteiger partial charge in [0.25, 0.3) is 0 Å². The molecule has 0 atom stereocenters. The average Bonchev–Trinajstić information content (AvgIpc) is 2.73. The number of rotatable bonds is 7. The van der Waals surface area contributed by atoms with Gasteiger partial charge < -0.3 is 4.74 Å². The third-order valence-corrected chi connectivity index (χ3v) is 6.16. The molecule has 7 heteroatoms. The van der Waals surface area contributed by atoms with E-state index in [0.29, 0.717) is 5.56 Å². The van der Waals surface area contributed by atoms with Crippen LogP contribution in [0.1, 0.15) is 30.5 Å². The van der Waals surface area contributed by atoms with Crippen molar-refractivity contribution in [3.8, 4) is 5.75 Å². The van der Waals surface area contributed by atoms with E-state index in [1.54, 1.807) is 6.08 Å². The topological polar surface area (TPSA) is 67.8 Å². The predicted molar refractivity (Wildman–Crippen MR) is 131 cm³/mol. The van der Waals surface area contributed by atoms with Gasteiger partial charge in [-0.15, -0.1) is 5.73 Å². The molecule has 3 rings (SSSR count). The van der Waals surface area contributed by atoms with Crippen molar-refractivity contribution in [1.82, 2.24) is 4.72 Å². The van der Waals surface area contributed by atoms with Crippen LogP contribution in [0.5, 0.6) is 5.75 Å². The number of nitrogens with one attached hydrogen (secondary N) is 1. The molecule has 3 aromatic carbocycles. The zero-order valence-electron chi connectivity index (χ0n) is 17.5. The zero-order chi connectivity index (χ0) is 22.4. The van der Waals surface area contributed by atoms with Crippen LogP contribution < -0.4 is 9.46 Å². The molecule has 0 aliphatic rings. The summed E-state index contributed by atoms with van der Waals surface area (Å²) in [6, 6.07) is 17.1. The van der Waals surface area contributed by atoms with Gasteiger partial charge in [-0.1, -0.05) is 36.4 Å². The lowest BCUT2D eigenvalue weighted by molar-refractivity contribution is 0.242. The van der Waals surface area contributed by atoms with Crippen LogP contribution in [0.3, 0.4) is 0 Å². The Balaban J connectivity index is 1.65. The predicted octanol–water partition coefficient (Wildman–Crippen LogP) is 5.78. The number of benzene rings is 3. The van der Waals surface area contributed by atoms with Crippen molar-refractivity contribution in [2.24, 2.45) is 4.40 Å². The minimum Gasteiger partial charge on any atom is -0.491 e. The number of nitrogens with zero attached hydrogens (tertiary/aromatic N) is 1. The molecule has 0 spiro atoms. The molecule has 1 N–H and O–H groups in total. The summed E-state index contributed by atoms with van der Waals surface area (Å²) >= 11 is 3.58. The highest BCUT2D eigenvalue weighted by molar-refractivity contribution is 9.10. The van der Waals surface area contributed by atoms with Gasteiger partial charge in [-0.25, -0.2) is 0 Å². The smallest absolute Gasteiger partial charge is 0.342 e. The fourth-order valence-corrected chi connectivity index (χ4v) is 3.85. The van der Waals surface area contributed by atoms with E-state index in [1.165, 1.54) is 12.4 Å². The number of aryl methyl sites for hydroxylation is 1. The Bertz CT molecular complexity index is 1270. The fourth-order valence-electron chi connectivity index (χ4n) is 2.82. The molecule has 5 nitrogen and oxygen atoms in total. The van der Waals surface area contributed by atoms with Crippen molar-refractivity contribution in [2.75, 3.05) is 0 Å². The van der Waals surface area contributed by atoms with Crippen molar-refractivity contribution in [3.05, 3.63) is 87.7 Å². The second-order valence-corrected chi connectivity index (χ2v) is 9.39. The van der Waals surface area contributed by atoms with Gasteiger partial charge in [0.2, 0.25) is 0 Å². The Morgan fingerprint density at radius 2 is 1.77 bits per heavy atom. The number of fused-ring (bicyclic) bond motifs is 1. The van der Waals surface area contributed by atoms with E-state index in [9.17, 15) is 8.42 Å². The molecule has 0 aromatic heterocycles. The first kappa shape index (κ1) is 22.8. The second-order valence-electron chi connectivity index (χ2n) is 7.20. The lowest BCUT2D eigenvalue weighted by atomic mass is 10.1. The molecule has 0 bridgehead atoms. The van der Waals surface area contributed by atoms with E-state index in [2.05, 4.69) is 30.8 Å². The second kappa shape index (κ2) is 9.96. The summed E-state index contributed by atoms with van der Waals surface area (Å²) in [5.41, 5.74) is 5.49. The van der Waals surface area contributed by atoms with Crippen LogP contribution in [0.4, 0.5) is 0 Å². The van der Waals surface area contributed by atoms with Gasteiger partial charge in [-0.2, -0.15) is 12.8 Å². The summed E-state index contributed by atoms with van der Waals surface area (Å²) in [5.74, 6) is 0.780. The van der Waals surface area contributed by atoms with E-state index in [-0.39, 0.29) is 6.10 Å². The zero-order valence-corrected chi connectivity index (χ0v) is 19.9. The lowest BCUT2D eigenvalue weighted by Gasteiger charge is -2.08. The highest BCUT2D eigenvalue weighted by Gasteiger charge is 2.04. The van der Waals surface area contributed by atoms with E-state index in [1.807, 2.05) is 75.4 Å². The minimum atomic E-state index is -3.87. The summed E-state index contributed by atoms with van der Waals surface area (Å²) in [5, 5.41) is 2.06. The van der Waals surface area contributed by atoms with Crippen LogP contribution >= 0.6 is 15.9 Å². The van der Waals surface area contributed by atoms with Crippen molar-refractivity contribution in [3.63, 3.8) is 0 Å². The highest BCUT2D eigenvalue weighted by atomic mass is 79.9. The molecule has 0 heterocycles. The van der Waals surface area contributed by atoms with Crippen LogP contribution in [0.2, 0.25) is 0 Å². The van der Waals surface area contributed by atoms with Crippen LogP contribution in [0.15, 0.2) is 75.4 Å². The highest BCUT2D eigenvalue weighted by Crippen LogP contribution is 2.27. The van der Waals surface area contributed by atoms with Crippen molar-refractivity contribution >= 4 is 49.2 Å². The molecule has 0 radical (unpaired) electrons. The molecule has 31 heavy (non-hydrogen) atoms. The maximum atomic E-state index is 12.1. The van der Waals surface area contributed by atoms with Gasteiger partial charge in [-0.3, -0.25) is 4.72 Å². The number of hydrogen-bond donors (Lipinski definition) is 1. The van der Waals surface area contributed by atoms with Gasteiger partial charge in [0.15, 0.2) is 0 Å². The first-order valence-electron chi connectivity index (χ1n) is 9.68. The summed E-state index contributed by atoms with van der Waals surface area (Å²) in [6.07, 6.45) is 4.30. The van der Waals surface area contributed by atoms with Crippen molar-refractivity contribution in [2.45, 2.75) is 26.9 Å². The van der Waals surface area contributed by atoms with Crippen molar-refractivity contribution in [1.29, 1.82) is 0 Å². The molecule has 0 saturated heterocycles. The Morgan fingerprint density at radius 1 is 1.06 bits per heavy atom. The van der Waals surface area contributed by atoms with E-state index >= 15 is 0 Å². The largest absolute Gasteiger partial charge is 0.491 e. The third kappa shape index (κ3) is 6.56. The first-order valence-corrected chi connectivity index (χ1v) is 11.9. The maximum Gasteiger partial charge on any atom is 0.342 e. The third-order valence-electron chi connectivity index (χ3n) is 4.30. The molecular formula is C24H23BrN2O3S. The molecule has 160 valence electrons. The molecular weight excluding hydrogens is 476 g/mol. The molecule has 0 amide bonds. The van der Waals surface area contributed by atoms with Crippen LogP contribution in [0, 0.1) is 6.92 Å². The first-order chi connectivity index (χ1) is 14.7.